The number of nitrogens with zero attached hydrogens (tertiary/aromatic N) is 1. The maximum Gasteiger partial charge on any atom is 0.411 e. The van der Waals surface area contributed by atoms with Gasteiger partial charge in [0.05, 0.1) is 36.1 Å². The highest BCUT2D eigenvalue weighted by molar-refractivity contribution is 5.99. The van der Waals surface area contributed by atoms with Crippen molar-refractivity contribution in [2.45, 2.75) is 45.8 Å². The summed E-state index contributed by atoms with van der Waals surface area (Å²) in [6.07, 6.45) is 3.87. The Morgan fingerprint density at radius 1 is 1.20 bits per heavy atom. The number of pyridine rings is 1. The summed E-state index contributed by atoms with van der Waals surface area (Å²) in [4.78, 5) is 41.3. The van der Waals surface area contributed by atoms with Crippen LogP contribution in [-0.2, 0) is 14.3 Å². The minimum absolute atomic E-state index is 0.0986. The number of halogens is 1. The van der Waals surface area contributed by atoms with Gasteiger partial charge >= 0.3 is 12.2 Å². The van der Waals surface area contributed by atoms with Gasteiger partial charge < -0.3 is 20.1 Å². The summed E-state index contributed by atoms with van der Waals surface area (Å²) in [7, 11) is 1.16. The Kier molecular flexibility index (Phi) is 7.73. The molecule has 10 heteroatoms. The van der Waals surface area contributed by atoms with Gasteiger partial charge in [-0.1, -0.05) is 25.1 Å². The smallest absolute Gasteiger partial charge is 0.411 e. The molecular weight excluding hydrogens is 455 g/mol. The SMILES string of the molecule is COC(=O)Nc1ccc2c(c1F)NC(=O)[C@H](C)/C=C/C[C@H](NC(=O)OC(C)(C)C)c1cc-2ccn1. The molecule has 0 spiro atoms. The van der Waals surface area contributed by atoms with Crippen molar-refractivity contribution in [3.05, 3.63) is 54.1 Å². The third-order valence-electron chi connectivity index (χ3n) is 5.16. The standard InChI is InChI=1S/C25H29FN4O5/c1-14-7-6-8-17(28-24(33)35-25(2,3)4)19-13-15(11-12-27-19)16-9-10-18(29-23(32)34-5)20(26)21(16)30-22(14)31/h6-7,9-14,17H,8H2,1-5H3,(H,28,33)(H,29,32)(H,30,31)/b7-6+/t14-,17+/m1/s1. The molecule has 0 fully saturated rings. The molecule has 3 amide bonds. The zero-order valence-electron chi connectivity index (χ0n) is 20.3. The van der Waals surface area contributed by atoms with Crippen LogP contribution in [0, 0.1) is 11.7 Å². The van der Waals surface area contributed by atoms with Crippen LogP contribution in [0.4, 0.5) is 25.4 Å². The highest BCUT2D eigenvalue weighted by Crippen LogP contribution is 2.36. The Hall–Kier alpha value is -3.95. The summed E-state index contributed by atoms with van der Waals surface area (Å²) in [5, 5.41) is 7.76. The van der Waals surface area contributed by atoms with Gasteiger partial charge in [0.25, 0.3) is 0 Å². The van der Waals surface area contributed by atoms with Crippen LogP contribution in [0.1, 0.15) is 45.9 Å². The van der Waals surface area contributed by atoms with Gasteiger partial charge in [0, 0.05) is 11.8 Å². The van der Waals surface area contributed by atoms with E-state index in [-0.39, 0.29) is 11.4 Å². The van der Waals surface area contributed by atoms with Gasteiger partial charge in [0.1, 0.15) is 5.60 Å². The van der Waals surface area contributed by atoms with E-state index in [1.165, 1.54) is 12.3 Å². The van der Waals surface area contributed by atoms with Crippen LogP contribution in [0.2, 0.25) is 0 Å². The summed E-state index contributed by atoms with van der Waals surface area (Å²) in [5.41, 5.74) is 0.536. The lowest BCUT2D eigenvalue weighted by molar-refractivity contribution is -0.118. The van der Waals surface area contributed by atoms with E-state index in [0.29, 0.717) is 23.2 Å². The fourth-order valence-electron chi connectivity index (χ4n) is 3.45. The van der Waals surface area contributed by atoms with Crippen molar-refractivity contribution in [1.82, 2.24) is 10.3 Å². The zero-order chi connectivity index (χ0) is 25.8. The van der Waals surface area contributed by atoms with Crippen molar-refractivity contribution >= 4 is 29.5 Å². The third-order valence-corrected chi connectivity index (χ3v) is 5.16. The number of benzene rings is 1. The van der Waals surface area contributed by atoms with E-state index < -0.39 is 41.5 Å². The van der Waals surface area contributed by atoms with E-state index in [1.54, 1.807) is 58.0 Å². The summed E-state index contributed by atoms with van der Waals surface area (Å²) < 4.78 is 25.4. The molecule has 0 radical (unpaired) electrons. The van der Waals surface area contributed by atoms with Crippen LogP contribution in [0.25, 0.3) is 11.1 Å². The van der Waals surface area contributed by atoms with Gasteiger partial charge in [-0.15, -0.1) is 0 Å². The first kappa shape index (κ1) is 25.7. The molecule has 9 nitrogen and oxygen atoms in total. The van der Waals surface area contributed by atoms with Crippen LogP contribution >= 0.6 is 0 Å². The van der Waals surface area contributed by atoms with Crippen molar-refractivity contribution < 1.29 is 28.2 Å². The summed E-state index contributed by atoms with van der Waals surface area (Å²) in [5.74, 6) is -1.87. The Morgan fingerprint density at radius 3 is 2.63 bits per heavy atom. The second-order valence-electron chi connectivity index (χ2n) is 9.08. The molecule has 2 bridgehead atoms. The number of amides is 3. The highest BCUT2D eigenvalue weighted by Gasteiger charge is 2.24. The van der Waals surface area contributed by atoms with Crippen molar-refractivity contribution in [2.75, 3.05) is 17.7 Å². The van der Waals surface area contributed by atoms with E-state index in [2.05, 4.69) is 25.7 Å². The van der Waals surface area contributed by atoms with Gasteiger partial charge in [-0.05, 0) is 51.0 Å². The molecule has 0 saturated heterocycles. The molecule has 0 aliphatic carbocycles. The van der Waals surface area contributed by atoms with Crippen LogP contribution in [0.5, 0.6) is 0 Å². The fraction of sp³-hybridized carbons (Fsp3) is 0.360. The summed E-state index contributed by atoms with van der Waals surface area (Å²) >= 11 is 0. The first-order chi connectivity index (χ1) is 16.5. The quantitative estimate of drug-likeness (QED) is 0.506. The second kappa shape index (κ2) is 10.5. The molecule has 2 aromatic rings. The number of fused-ring (bicyclic) bond motifs is 4. The number of nitrogens with one attached hydrogen (secondary N) is 3. The topological polar surface area (TPSA) is 119 Å². The van der Waals surface area contributed by atoms with Crippen LogP contribution < -0.4 is 16.0 Å². The largest absolute Gasteiger partial charge is 0.453 e. The van der Waals surface area contributed by atoms with E-state index in [4.69, 9.17) is 4.74 Å². The summed E-state index contributed by atoms with van der Waals surface area (Å²) in [6.45, 7) is 6.96. The number of rotatable bonds is 2. The lowest BCUT2D eigenvalue weighted by Crippen LogP contribution is -2.35. The minimum atomic E-state index is -0.845. The number of carbonyl (C=O) groups is 3. The van der Waals surface area contributed by atoms with Gasteiger partial charge in [0.2, 0.25) is 5.91 Å². The maximum absolute atomic E-state index is 15.5. The van der Waals surface area contributed by atoms with Crippen LogP contribution in [-0.4, -0.2) is 35.8 Å². The Balaban J connectivity index is 2.09. The zero-order valence-corrected chi connectivity index (χ0v) is 20.3. The van der Waals surface area contributed by atoms with Gasteiger partial charge in [-0.2, -0.15) is 0 Å². The number of hydrogen-bond acceptors (Lipinski definition) is 6. The van der Waals surface area contributed by atoms with Crippen molar-refractivity contribution in [3.8, 4) is 11.1 Å². The Morgan fingerprint density at radius 2 is 1.94 bits per heavy atom. The first-order valence-corrected chi connectivity index (χ1v) is 11.1. The van der Waals surface area contributed by atoms with E-state index in [1.807, 2.05) is 0 Å². The van der Waals surface area contributed by atoms with E-state index in [9.17, 15) is 14.4 Å². The number of aromatic nitrogens is 1. The molecular formula is C25H29FN4O5. The number of ether oxygens (including phenoxy) is 2. The van der Waals surface area contributed by atoms with E-state index in [0.717, 1.165) is 7.11 Å². The molecule has 1 aromatic carbocycles. The molecule has 2 heterocycles. The third kappa shape index (κ3) is 6.56. The highest BCUT2D eigenvalue weighted by atomic mass is 19.1. The molecule has 1 aliphatic heterocycles. The van der Waals surface area contributed by atoms with Crippen LogP contribution in [0.3, 0.4) is 0 Å². The fourth-order valence-corrected chi connectivity index (χ4v) is 3.45. The molecule has 3 rings (SSSR count). The molecule has 0 unspecified atom stereocenters. The van der Waals surface area contributed by atoms with Crippen molar-refractivity contribution in [2.24, 2.45) is 5.92 Å². The Bertz CT molecular complexity index is 1160. The lowest BCUT2D eigenvalue weighted by Gasteiger charge is -2.24. The minimum Gasteiger partial charge on any atom is -0.453 e. The van der Waals surface area contributed by atoms with E-state index >= 15 is 4.39 Å². The lowest BCUT2D eigenvalue weighted by atomic mass is 9.98. The van der Waals surface area contributed by atoms with Crippen molar-refractivity contribution in [3.63, 3.8) is 0 Å². The van der Waals surface area contributed by atoms with Crippen LogP contribution in [0.15, 0.2) is 42.6 Å². The number of methoxy groups -OCH3 is 1. The average molecular weight is 485 g/mol. The van der Waals surface area contributed by atoms with Gasteiger partial charge in [-0.3, -0.25) is 15.1 Å². The second-order valence-corrected chi connectivity index (χ2v) is 9.08. The van der Waals surface area contributed by atoms with Gasteiger partial charge in [-0.25, -0.2) is 14.0 Å². The maximum atomic E-state index is 15.5. The predicted octanol–water partition coefficient (Wildman–Crippen LogP) is 5.17. The molecule has 35 heavy (non-hydrogen) atoms. The molecule has 3 N–H and O–H groups in total. The number of alkyl carbamates (subject to hydrolysis) is 1. The molecule has 0 saturated carbocycles. The average Bonchev–Trinajstić information content (AvgIpc) is 2.79. The molecule has 1 aliphatic rings. The monoisotopic (exact) mass is 484 g/mol. The molecule has 186 valence electrons. The van der Waals surface area contributed by atoms with Crippen molar-refractivity contribution in [1.29, 1.82) is 0 Å². The number of carbonyl (C=O) groups excluding carboxylic acids is 3. The molecule has 2 atom stereocenters. The number of hydrogen-bond donors (Lipinski definition) is 3. The number of anilines is 2. The molecule has 1 aromatic heterocycles. The summed E-state index contributed by atoms with van der Waals surface area (Å²) in [6, 6.07) is 5.77. The van der Waals surface area contributed by atoms with Gasteiger partial charge in [0.15, 0.2) is 5.82 Å². The first-order valence-electron chi connectivity index (χ1n) is 11.1. The normalized spacial score (nSPS) is 18.6. The predicted molar refractivity (Wildman–Crippen MR) is 129 cm³/mol. The Labute approximate surface area is 203 Å².